The topological polar surface area (TPSA) is 67.6 Å². The van der Waals surface area contributed by atoms with E-state index in [4.69, 9.17) is 9.15 Å². The average Bonchev–Trinajstić information content (AvgIpc) is 3.30. The number of aromatic nitrogens is 1. The van der Waals surface area contributed by atoms with E-state index >= 15 is 0 Å². The number of carbonyl (C=O) groups excluding carboxylic acids is 1. The zero-order valence-corrected chi connectivity index (χ0v) is 16.5. The Morgan fingerprint density at radius 3 is 2.86 bits per heavy atom. The van der Waals surface area contributed by atoms with Gasteiger partial charge in [-0.25, -0.2) is 9.37 Å². The van der Waals surface area contributed by atoms with Gasteiger partial charge in [0.2, 0.25) is 0 Å². The van der Waals surface area contributed by atoms with E-state index in [0.717, 1.165) is 28.4 Å². The molecule has 8 heteroatoms. The van der Waals surface area contributed by atoms with Gasteiger partial charge in [-0.1, -0.05) is 11.3 Å². The smallest absolute Gasteiger partial charge is 0.291 e. The normalized spacial score (nSPS) is 14.6. The summed E-state index contributed by atoms with van der Waals surface area (Å²) in [5.74, 6) is -0.541. The fourth-order valence-electron chi connectivity index (χ4n) is 3.48. The molecule has 1 amide bonds. The quantitative estimate of drug-likeness (QED) is 0.535. The molecular formula is C21H18FN3O3S. The Hall–Kier alpha value is -2.97. The van der Waals surface area contributed by atoms with Crippen LogP contribution in [0.5, 0.6) is 0 Å². The molecule has 0 aliphatic carbocycles. The average molecular weight is 411 g/mol. The molecule has 2 aromatic carbocycles. The zero-order valence-electron chi connectivity index (χ0n) is 15.7. The van der Waals surface area contributed by atoms with Crippen molar-refractivity contribution in [2.45, 2.75) is 6.92 Å². The number of nitrogens with zero attached hydrogens (tertiary/aromatic N) is 2. The second kappa shape index (κ2) is 7.13. The summed E-state index contributed by atoms with van der Waals surface area (Å²) in [7, 11) is 0. The number of carbonyl (C=O) groups is 1. The van der Waals surface area contributed by atoms with Gasteiger partial charge >= 0.3 is 0 Å². The van der Waals surface area contributed by atoms with Crippen LogP contribution in [0.25, 0.3) is 21.2 Å². The Labute approximate surface area is 169 Å². The number of hydrogen-bond donors (Lipinski definition) is 1. The van der Waals surface area contributed by atoms with E-state index in [-0.39, 0.29) is 17.5 Å². The number of rotatable bonds is 3. The van der Waals surface area contributed by atoms with Gasteiger partial charge in [0, 0.05) is 29.7 Å². The van der Waals surface area contributed by atoms with Crippen molar-refractivity contribution in [2.75, 3.05) is 36.5 Å². The molecule has 0 bridgehead atoms. The van der Waals surface area contributed by atoms with Gasteiger partial charge < -0.3 is 19.4 Å². The van der Waals surface area contributed by atoms with Crippen molar-refractivity contribution in [2.24, 2.45) is 0 Å². The van der Waals surface area contributed by atoms with E-state index in [9.17, 15) is 9.18 Å². The van der Waals surface area contributed by atoms with Crippen molar-refractivity contribution in [3.63, 3.8) is 0 Å². The van der Waals surface area contributed by atoms with Crippen LogP contribution in [0.2, 0.25) is 0 Å². The van der Waals surface area contributed by atoms with Crippen LogP contribution in [0, 0.1) is 12.7 Å². The summed E-state index contributed by atoms with van der Waals surface area (Å²) in [6, 6.07) is 9.85. The lowest BCUT2D eigenvalue weighted by Crippen LogP contribution is -2.36. The summed E-state index contributed by atoms with van der Waals surface area (Å²) in [6.07, 6.45) is 0. The minimum atomic E-state index is -0.364. The SMILES string of the molecule is Cc1c(C(=O)Nc2ccc3nc(N4CCOCC4)sc3c2)oc2ccc(F)cc12. The Bertz CT molecular complexity index is 1230. The monoisotopic (exact) mass is 411 g/mol. The van der Waals surface area contributed by atoms with E-state index in [1.54, 1.807) is 18.3 Å². The number of hydrogen-bond acceptors (Lipinski definition) is 6. The van der Waals surface area contributed by atoms with Gasteiger partial charge in [-0.2, -0.15) is 0 Å². The highest BCUT2D eigenvalue weighted by Crippen LogP contribution is 2.32. The van der Waals surface area contributed by atoms with E-state index in [0.29, 0.717) is 35.4 Å². The fraction of sp³-hybridized carbons (Fsp3) is 0.238. The summed E-state index contributed by atoms with van der Waals surface area (Å²) in [6.45, 7) is 4.82. The number of ether oxygens (including phenoxy) is 1. The number of furan rings is 1. The van der Waals surface area contributed by atoms with Crippen molar-refractivity contribution in [1.82, 2.24) is 4.98 Å². The summed E-state index contributed by atoms with van der Waals surface area (Å²) >= 11 is 1.59. The van der Waals surface area contributed by atoms with Crippen LogP contribution in [0.15, 0.2) is 40.8 Å². The van der Waals surface area contributed by atoms with E-state index in [1.807, 2.05) is 18.2 Å². The summed E-state index contributed by atoms with van der Waals surface area (Å²) in [4.78, 5) is 19.6. The lowest BCUT2D eigenvalue weighted by Gasteiger charge is -2.25. The van der Waals surface area contributed by atoms with Crippen LogP contribution >= 0.6 is 11.3 Å². The highest BCUT2D eigenvalue weighted by molar-refractivity contribution is 7.22. The molecule has 148 valence electrons. The van der Waals surface area contributed by atoms with Crippen molar-refractivity contribution < 1.29 is 18.3 Å². The van der Waals surface area contributed by atoms with E-state index in [1.165, 1.54) is 18.2 Å². The molecule has 5 rings (SSSR count). The molecule has 1 aliphatic rings. The Morgan fingerprint density at radius 2 is 2.03 bits per heavy atom. The third kappa shape index (κ3) is 3.34. The summed E-state index contributed by atoms with van der Waals surface area (Å²) in [5, 5.41) is 4.43. The molecule has 1 fully saturated rings. The number of aryl methyl sites for hydroxylation is 1. The van der Waals surface area contributed by atoms with Crippen LogP contribution in [-0.2, 0) is 4.74 Å². The van der Waals surface area contributed by atoms with Crippen molar-refractivity contribution in [1.29, 1.82) is 0 Å². The zero-order chi connectivity index (χ0) is 20.0. The first kappa shape index (κ1) is 18.1. The number of benzene rings is 2. The molecule has 0 saturated carbocycles. The minimum absolute atomic E-state index is 0.184. The second-order valence-corrected chi connectivity index (χ2v) is 7.94. The van der Waals surface area contributed by atoms with Gasteiger partial charge in [0.1, 0.15) is 11.4 Å². The van der Waals surface area contributed by atoms with Crippen molar-refractivity contribution >= 4 is 49.2 Å². The number of thiazole rings is 1. The first-order chi connectivity index (χ1) is 14.1. The molecule has 2 aromatic heterocycles. The molecule has 3 heterocycles. The van der Waals surface area contributed by atoms with Crippen LogP contribution in [0.1, 0.15) is 16.1 Å². The number of halogens is 1. The maximum Gasteiger partial charge on any atom is 0.291 e. The predicted molar refractivity (Wildman–Crippen MR) is 112 cm³/mol. The molecule has 0 atom stereocenters. The first-order valence-corrected chi connectivity index (χ1v) is 10.1. The van der Waals surface area contributed by atoms with E-state index in [2.05, 4.69) is 15.2 Å². The number of nitrogens with one attached hydrogen (secondary N) is 1. The standard InChI is InChI=1S/C21H18FN3O3S/c1-12-15-10-13(22)2-5-17(15)28-19(12)20(26)23-14-3-4-16-18(11-14)29-21(24-16)25-6-8-27-9-7-25/h2-5,10-11H,6-9H2,1H3,(H,23,26). The first-order valence-electron chi connectivity index (χ1n) is 9.32. The highest BCUT2D eigenvalue weighted by atomic mass is 32.1. The van der Waals surface area contributed by atoms with Gasteiger partial charge in [-0.15, -0.1) is 0 Å². The highest BCUT2D eigenvalue weighted by Gasteiger charge is 2.19. The van der Waals surface area contributed by atoms with Crippen molar-refractivity contribution in [3.05, 3.63) is 53.5 Å². The van der Waals surface area contributed by atoms with Crippen LogP contribution < -0.4 is 10.2 Å². The molecule has 0 spiro atoms. The van der Waals surface area contributed by atoms with Crippen molar-refractivity contribution in [3.8, 4) is 0 Å². The number of amides is 1. The second-order valence-electron chi connectivity index (χ2n) is 6.93. The maximum absolute atomic E-state index is 13.5. The van der Waals surface area contributed by atoms with Gasteiger partial charge in [0.15, 0.2) is 10.9 Å². The van der Waals surface area contributed by atoms with Gasteiger partial charge in [0.05, 0.1) is 23.4 Å². The van der Waals surface area contributed by atoms with Gasteiger partial charge in [-0.05, 0) is 43.3 Å². The lowest BCUT2D eigenvalue weighted by atomic mass is 10.1. The number of morpholine rings is 1. The maximum atomic E-state index is 13.5. The molecule has 6 nitrogen and oxygen atoms in total. The molecule has 0 unspecified atom stereocenters. The van der Waals surface area contributed by atoms with E-state index < -0.39 is 0 Å². The summed E-state index contributed by atoms with van der Waals surface area (Å²) in [5.41, 5.74) is 2.66. The molecule has 0 radical (unpaired) electrons. The van der Waals surface area contributed by atoms with Crippen LogP contribution in [0.4, 0.5) is 15.2 Å². The van der Waals surface area contributed by atoms with Crippen LogP contribution in [-0.4, -0.2) is 37.2 Å². The largest absolute Gasteiger partial charge is 0.451 e. The van der Waals surface area contributed by atoms with Gasteiger partial charge in [0.25, 0.3) is 5.91 Å². The predicted octanol–water partition coefficient (Wildman–Crippen LogP) is 4.58. The number of fused-ring (bicyclic) bond motifs is 2. The Balaban J connectivity index is 1.41. The summed E-state index contributed by atoms with van der Waals surface area (Å²) < 4.78 is 25.5. The minimum Gasteiger partial charge on any atom is -0.451 e. The molecular weight excluding hydrogens is 393 g/mol. The molecule has 29 heavy (non-hydrogen) atoms. The number of anilines is 2. The third-order valence-corrected chi connectivity index (χ3v) is 6.10. The molecule has 4 aromatic rings. The molecule has 1 N–H and O–H groups in total. The molecule has 1 saturated heterocycles. The van der Waals surface area contributed by atoms with Gasteiger partial charge in [-0.3, -0.25) is 4.79 Å². The Morgan fingerprint density at radius 1 is 1.21 bits per heavy atom. The lowest BCUT2D eigenvalue weighted by molar-refractivity contribution is 0.0998. The molecule has 1 aliphatic heterocycles. The Kier molecular flexibility index (Phi) is 4.44. The van der Waals surface area contributed by atoms with Crippen LogP contribution in [0.3, 0.4) is 0 Å². The third-order valence-electron chi connectivity index (χ3n) is 5.02. The fourth-order valence-corrected chi connectivity index (χ4v) is 4.53.